The van der Waals surface area contributed by atoms with Crippen LogP contribution in [0, 0.1) is 23.7 Å². The standard InChI is InChI=1S/C19H23N3O2S/c1-24-18-7-11(5-6-17(18)23)10-20-22-19(25)21-16-9-12-8-15(16)14-4-2-3-13(12)14/h2,4-7,10,12-16,23H,3,8-9H2,1H3,(H2,21,22,25)/b20-10-/t12-,13-,14-,15+,16-/m1/s1. The molecule has 2 fully saturated rings. The number of aromatic hydroxyl groups is 1. The first-order chi connectivity index (χ1) is 12.2. The van der Waals surface area contributed by atoms with Crippen LogP contribution in [-0.4, -0.2) is 29.6 Å². The fourth-order valence-electron chi connectivity index (χ4n) is 4.85. The van der Waals surface area contributed by atoms with Gasteiger partial charge in [-0.15, -0.1) is 0 Å². The molecule has 25 heavy (non-hydrogen) atoms. The summed E-state index contributed by atoms with van der Waals surface area (Å²) in [6.07, 6.45) is 10.2. The number of hydrazone groups is 1. The Labute approximate surface area is 153 Å². The van der Waals surface area contributed by atoms with Gasteiger partial charge in [-0.05, 0) is 78.9 Å². The van der Waals surface area contributed by atoms with Crippen LogP contribution in [0.25, 0.3) is 0 Å². The van der Waals surface area contributed by atoms with Gasteiger partial charge < -0.3 is 15.2 Å². The topological polar surface area (TPSA) is 65.9 Å². The third kappa shape index (κ3) is 3.11. The molecule has 0 amide bonds. The summed E-state index contributed by atoms with van der Waals surface area (Å²) in [5.41, 5.74) is 3.72. The number of ether oxygens (including phenoxy) is 1. The van der Waals surface area contributed by atoms with E-state index >= 15 is 0 Å². The summed E-state index contributed by atoms with van der Waals surface area (Å²) in [6, 6.07) is 5.52. The SMILES string of the molecule is COc1cc(/C=N\NC(=S)N[C@@H]2C[C@H]3C[C@H]2[C@@H]2C=CC[C@H]32)ccc1O. The number of hydrogen-bond acceptors (Lipinski definition) is 4. The van der Waals surface area contributed by atoms with E-state index < -0.39 is 0 Å². The molecule has 4 rings (SSSR count). The van der Waals surface area contributed by atoms with Crippen molar-refractivity contribution in [3.8, 4) is 11.5 Å². The number of rotatable bonds is 4. The summed E-state index contributed by atoms with van der Waals surface area (Å²) in [6.45, 7) is 0. The molecule has 6 heteroatoms. The van der Waals surface area contributed by atoms with E-state index in [0.717, 1.165) is 23.3 Å². The largest absolute Gasteiger partial charge is 0.504 e. The molecule has 3 N–H and O–H groups in total. The number of hydrogen-bond donors (Lipinski definition) is 3. The van der Waals surface area contributed by atoms with Crippen molar-refractivity contribution < 1.29 is 9.84 Å². The first-order valence-corrected chi connectivity index (χ1v) is 9.20. The number of allylic oxidation sites excluding steroid dienone is 2. The van der Waals surface area contributed by atoms with Crippen molar-refractivity contribution in [3.63, 3.8) is 0 Å². The Morgan fingerprint density at radius 3 is 3.08 bits per heavy atom. The Morgan fingerprint density at radius 1 is 1.36 bits per heavy atom. The highest BCUT2D eigenvalue weighted by Gasteiger charge is 2.52. The van der Waals surface area contributed by atoms with Crippen LogP contribution in [0.4, 0.5) is 0 Å². The second-order valence-corrected chi connectivity index (χ2v) is 7.59. The lowest BCUT2D eigenvalue weighted by Crippen LogP contribution is -2.45. The first kappa shape index (κ1) is 16.4. The molecule has 3 aliphatic carbocycles. The second kappa shape index (κ2) is 6.67. The van der Waals surface area contributed by atoms with Gasteiger partial charge in [-0.25, -0.2) is 0 Å². The molecular weight excluding hydrogens is 334 g/mol. The normalized spacial score (nSPS) is 32.1. The zero-order chi connectivity index (χ0) is 17.4. The summed E-state index contributed by atoms with van der Waals surface area (Å²) in [4.78, 5) is 0. The quantitative estimate of drug-likeness (QED) is 0.335. The molecule has 2 saturated carbocycles. The van der Waals surface area contributed by atoms with Gasteiger partial charge in [0.15, 0.2) is 16.6 Å². The average molecular weight is 357 g/mol. The maximum absolute atomic E-state index is 9.60. The highest BCUT2D eigenvalue weighted by Crippen LogP contribution is 2.56. The van der Waals surface area contributed by atoms with Gasteiger partial charge in [0.2, 0.25) is 0 Å². The lowest BCUT2D eigenvalue weighted by molar-refractivity contribution is 0.246. The minimum absolute atomic E-state index is 0.111. The van der Waals surface area contributed by atoms with E-state index in [1.807, 2.05) is 0 Å². The Balaban J connectivity index is 1.30. The summed E-state index contributed by atoms with van der Waals surface area (Å²) >= 11 is 5.39. The number of nitrogens with one attached hydrogen (secondary N) is 2. The van der Waals surface area contributed by atoms with Gasteiger partial charge in [0.25, 0.3) is 0 Å². The molecule has 2 bridgehead atoms. The number of phenols is 1. The van der Waals surface area contributed by atoms with E-state index in [1.165, 1.54) is 26.4 Å². The van der Waals surface area contributed by atoms with Crippen molar-refractivity contribution in [2.24, 2.45) is 28.8 Å². The molecule has 132 valence electrons. The third-order valence-corrected chi connectivity index (χ3v) is 6.12. The Bertz CT molecular complexity index is 733. The van der Waals surface area contributed by atoms with Crippen molar-refractivity contribution >= 4 is 23.5 Å². The van der Waals surface area contributed by atoms with Gasteiger partial charge in [-0.1, -0.05) is 12.2 Å². The molecule has 0 spiro atoms. The van der Waals surface area contributed by atoms with E-state index in [1.54, 1.807) is 24.4 Å². The van der Waals surface area contributed by atoms with Crippen molar-refractivity contribution in [1.29, 1.82) is 0 Å². The zero-order valence-corrected chi connectivity index (χ0v) is 15.0. The summed E-state index contributed by atoms with van der Waals surface area (Å²) in [5.74, 6) is 3.71. The van der Waals surface area contributed by atoms with Crippen molar-refractivity contribution in [2.45, 2.75) is 25.3 Å². The van der Waals surface area contributed by atoms with E-state index in [0.29, 0.717) is 22.8 Å². The van der Waals surface area contributed by atoms with Crippen LogP contribution in [0.2, 0.25) is 0 Å². The summed E-state index contributed by atoms with van der Waals surface area (Å²) in [5, 5.41) is 17.8. The maximum Gasteiger partial charge on any atom is 0.187 e. The highest BCUT2D eigenvalue weighted by atomic mass is 32.1. The minimum atomic E-state index is 0.111. The molecule has 1 aromatic rings. The minimum Gasteiger partial charge on any atom is -0.504 e. The van der Waals surface area contributed by atoms with Gasteiger partial charge in [0, 0.05) is 6.04 Å². The van der Waals surface area contributed by atoms with Crippen LogP contribution in [0.5, 0.6) is 11.5 Å². The van der Waals surface area contributed by atoms with Crippen LogP contribution in [0.1, 0.15) is 24.8 Å². The fraction of sp³-hybridized carbons (Fsp3) is 0.474. The van der Waals surface area contributed by atoms with Gasteiger partial charge in [0.05, 0.1) is 13.3 Å². The van der Waals surface area contributed by atoms with E-state index in [2.05, 4.69) is 28.0 Å². The number of phenolic OH excluding ortho intramolecular Hbond substituents is 1. The molecule has 0 aromatic heterocycles. The fourth-order valence-corrected chi connectivity index (χ4v) is 5.06. The van der Waals surface area contributed by atoms with E-state index in [9.17, 15) is 5.11 Å². The zero-order valence-electron chi connectivity index (χ0n) is 14.2. The summed E-state index contributed by atoms with van der Waals surface area (Å²) < 4.78 is 5.09. The monoisotopic (exact) mass is 357 g/mol. The van der Waals surface area contributed by atoms with Gasteiger partial charge in [-0.3, -0.25) is 5.43 Å². The lowest BCUT2D eigenvalue weighted by atomic mass is 9.79. The Morgan fingerprint density at radius 2 is 2.24 bits per heavy atom. The van der Waals surface area contributed by atoms with E-state index in [4.69, 9.17) is 17.0 Å². The molecule has 0 unspecified atom stereocenters. The van der Waals surface area contributed by atoms with Crippen LogP contribution in [0.15, 0.2) is 35.5 Å². The lowest BCUT2D eigenvalue weighted by Gasteiger charge is -2.32. The Hall–Kier alpha value is -2.08. The summed E-state index contributed by atoms with van der Waals surface area (Å²) in [7, 11) is 1.52. The maximum atomic E-state index is 9.60. The van der Waals surface area contributed by atoms with Crippen molar-refractivity contribution in [2.75, 3.05) is 7.11 Å². The van der Waals surface area contributed by atoms with E-state index in [-0.39, 0.29) is 5.75 Å². The molecule has 0 heterocycles. The number of methoxy groups -OCH3 is 1. The average Bonchev–Trinajstić information content (AvgIpc) is 3.29. The van der Waals surface area contributed by atoms with Crippen molar-refractivity contribution in [3.05, 3.63) is 35.9 Å². The Kier molecular flexibility index (Phi) is 4.37. The van der Waals surface area contributed by atoms with Crippen LogP contribution in [0.3, 0.4) is 0 Å². The van der Waals surface area contributed by atoms with Crippen molar-refractivity contribution in [1.82, 2.24) is 10.7 Å². The molecule has 1 aromatic carbocycles. The molecule has 3 aliphatic rings. The predicted molar refractivity (Wildman–Crippen MR) is 102 cm³/mol. The molecule has 5 nitrogen and oxygen atoms in total. The number of thiocarbonyl (C=S) groups is 1. The third-order valence-electron chi connectivity index (χ3n) is 5.91. The number of fused-ring (bicyclic) bond motifs is 5. The molecular formula is C19H23N3O2S. The number of nitrogens with zero attached hydrogens (tertiary/aromatic N) is 1. The molecule has 0 radical (unpaired) electrons. The molecule has 5 atom stereocenters. The van der Waals surface area contributed by atoms with Crippen LogP contribution >= 0.6 is 12.2 Å². The van der Waals surface area contributed by atoms with Gasteiger partial charge in [-0.2, -0.15) is 5.10 Å². The smallest absolute Gasteiger partial charge is 0.187 e. The molecule has 0 aliphatic heterocycles. The number of benzene rings is 1. The van der Waals surface area contributed by atoms with Gasteiger partial charge in [0.1, 0.15) is 0 Å². The van der Waals surface area contributed by atoms with Crippen LogP contribution in [-0.2, 0) is 0 Å². The highest BCUT2D eigenvalue weighted by molar-refractivity contribution is 7.80. The first-order valence-electron chi connectivity index (χ1n) is 8.79. The van der Waals surface area contributed by atoms with Gasteiger partial charge >= 0.3 is 0 Å². The predicted octanol–water partition coefficient (Wildman–Crippen LogP) is 2.80. The molecule has 0 saturated heterocycles. The van der Waals surface area contributed by atoms with Crippen LogP contribution < -0.4 is 15.5 Å². The second-order valence-electron chi connectivity index (χ2n) is 7.18.